The molecule has 0 fully saturated rings. The van der Waals surface area contributed by atoms with Crippen molar-refractivity contribution in [3.05, 3.63) is 75.8 Å². The van der Waals surface area contributed by atoms with Crippen LogP contribution in [0.4, 0.5) is 0 Å². The molecule has 0 atom stereocenters. The van der Waals surface area contributed by atoms with E-state index in [1.165, 1.54) is 22.3 Å². The summed E-state index contributed by atoms with van der Waals surface area (Å²) in [6.07, 6.45) is 3.06. The summed E-state index contributed by atoms with van der Waals surface area (Å²) in [6, 6.07) is 15.1. The van der Waals surface area contributed by atoms with Crippen LogP contribution in [-0.4, -0.2) is 15.9 Å². The van der Waals surface area contributed by atoms with Gasteiger partial charge in [-0.25, -0.2) is 4.98 Å². The topological polar surface area (TPSA) is 47.2 Å². The molecule has 4 nitrogen and oxygen atoms in total. The van der Waals surface area contributed by atoms with Crippen LogP contribution in [-0.2, 0) is 0 Å². The van der Waals surface area contributed by atoms with Gasteiger partial charge in [-0.1, -0.05) is 41.9 Å². The van der Waals surface area contributed by atoms with Crippen LogP contribution in [0.25, 0.3) is 20.3 Å². The Kier molecular flexibility index (Phi) is 3.44. The molecule has 0 saturated carbocycles. The van der Waals surface area contributed by atoms with Gasteiger partial charge in [0, 0.05) is 15.1 Å². The van der Waals surface area contributed by atoms with E-state index in [1.807, 2.05) is 36.4 Å². The first-order valence-electron chi connectivity index (χ1n) is 6.91. The van der Waals surface area contributed by atoms with E-state index in [4.69, 9.17) is 11.6 Å². The van der Waals surface area contributed by atoms with E-state index < -0.39 is 0 Å². The number of thiophene rings is 1. The highest BCUT2D eigenvalue weighted by Crippen LogP contribution is 2.29. The van der Waals surface area contributed by atoms with Crippen molar-refractivity contribution in [1.82, 2.24) is 9.66 Å². The monoisotopic (exact) mass is 339 g/mol. The summed E-state index contributed by atoms with van der Waals surface area (Å²) in [7, 11) is 0. The fourth-order valence-electron chi connectivity index (χ4n) is 2.33. The maximum atomic E-state index is 12.6. The molecule has 0 spiro atoms. The minimum Gasteiger partial charge on any atom is -0.266 e. The largest absolute Gasteiger partial charge is 0.291 e. The highest BCUT2D eigenvalue weighted by molar-refractivity contribution is 7.25. The third kappa shape index (κ3) is 2.54. The van der Waals surface area contributed by atoms with Crippen molar-refractivity contribution >= 4 is 49.5 Å². The van der Waals surface area contributed by atoms with Crippen molar-refractivity contribution in [2.45, 2.75) is 0 Å². The fourth-order valence-corrected chi connectivity index (χ4v) is 3.54. The first-order valence-corrected chi connectivity index (χ1v) is 8.11. The van der Waals surface area contributed by atoms with Crippen LogP contribution in [0, 0.1) is 0 Å². The molecule has 2 aromatic heterocycles. The molecule has 0 bridgehead atoms. The minimum absolute atomic E-state index is 0.165. The van der Waals surface area contributed by atoms with Crippen molar-refractivity contribution < 1.29 is 0 Å². The average molecular weight is 340 g/mol. The number of aromatic nitrogens is 2. The number of halogens is 1. The third-order valence-electron chi connectivity index (χ3n) is 3.47. The molecule has 0 radical (unpaired) electrons. The van der Waals surface area contributed by atoms with Crippen LogP contribution in [0.2, 0.25) is 5.02 Å². The highest BCUT2D eigenvalue weighted by Gasteiger charge is 2.10. The molecule has 0 aliphatic carbocycles. The Hall–Kier alpha value is -2.50. The molecule has 4 rings (SSSR count). The lowest BCUT2D eigenvalue weighted by molar-refractivity contribution is 0.819. The first-order chi connectivity index (χ1) is 11.2. The second kappa shape index (κ2) is 5.61. The van der Waals surface area contributed by atoms with Crippen molar-refractivity contribution in [3.8, 4) is 0 Å². The molecule has 0 amide bonds. The zero-order chi connectivity index (χ0) is 15.8. The van der Waals surface area contributed by atoms with Gasteiger partial charge < -0.3 is 0 Å². The summed E-state index contributed by atoms with van der Waals surface area (Å²) in [5.41, 5.74) is 1.42. The summed E-state index contributed by atoms with van der Waals surface area (Å²) >= 11 is 7.29. The van der Waals surface area contributed by atoms with Crippen LogP contribution >= 0.6 is 22.9 Å². The molecule has 6 heteroatoms. The third-order valence-corrected chi connectivity index (χ3v) is 4.87. The van der Waals surface area contributed by atoms with Crippen LogP contribution < -0.4 is 5.56 Å². The Morgan fingerprint density at radius 3 is 2.74 bits per heavy atom. The molecule has 0 aliphatic heterocycles. The van der Waals surface area contributed by atoms with Crippen molar-refractivity contribution in [2.24, 2.45) is 5.10 Å². The summed E-state index contributed by atoms with van der Waals surface area (Å²) in [5.74, 6) is 0. The number of hydrogen-bond acceptors (Lipinski definition) is 4. The smallest absolute Gasteiger partial charge is 0.266 e. The molecule has 0 aliphatic rings. The SMILES string of the molecule is O=c1c2sc3ccccc3c2ncn1N=Cc1ccc(Cl)cc1. The number of rotatable bonds is 2. The maximum absolute atomic E-state index is 12.6. The number of nitrogens with zero attached hydrogens (tertiary/aromatic N) is 3. The molecule has 2 aromatic carbocycles. The molecule has 0 saturated heterocycles. The second-order valence-corrected chi connectivity index (χ2v) is 6.45. The average Bonchev–Trinajstić information content (AvgIpc) is 2.95. The first kappa shape index (κ1) is 14.1. The van der Waals surface area contributed by atoms with E-state index in [2.05, 4.69) is 10.1 Å². The molecule has 2 heterocycles. The number of fused-ring (bicyclic) bond motifs is 3. The lowest BCUT2D eigenvalue weighted by Crippen LogP contribution is -2.15. The number of benzene rings is 2. The summed E-state index contributed by atoms with van der Waals surface area (Å²) < 4.78 is 2.92. The predicted octanol–water partition coefficient (Wildman–Crippen LogP) is 4.15. The Morgan fingerprint density at radius 1 is 1.13 bits per heavy atom. The van der Waals surface area contributed by atoms with Gasteiger partial charge in [0.05, 0.1) is 11.7 Å². The van der Waals surface area contributed by atoms with Crippen LogP contribution in [0.3, 0.4) is 0 Å². The normalized spacial score (nSPS) is 11.7. The van der Waals surface area contributed by atoms with Gasteiger partial charge >= 0.3 is 0 Å². The van der Waals surface area contributed by atoms with Crippen LogP contribution in [0.1, 0.15) is 5.56 Å². The van der Waals surface area contributed by atoms with Gasteiger partial charge in [-0.3, -0.25) is 4.79 Å². The molecule has 0 N–H and O–H groups in total. The van der Waals surface area contributed by atoms with Gasteiger partial charge in [-0.15, -0.1) is 11.3 Å². The lowest BCUT2D eigenvalue weighted by Gasteiger charge is -1.98. The van der Waals surface area contributed by atoms with E-state index >= 15 is 0 Å². The molecule has 4 aromatic rings. The van der Waals surface area contributed by atoms with Crippen molar-refractivity contribution in [1.29, 1.82) is 0 Å². The van der Waals surface area contributed by atoms with Crippen LogP contribution in [0.15, 0.2) is 64.8 Å². The predicted molar refractivity (Wildman–Crippen MR) is 95.8 cm³/mol. The molecule has 23 heavy (non-hydrogen) atoms. The van der Waals surface area contributed by atoms with E-state index in [9.17, 15) is 4.79 Å². The minimum atomic E-state index is -0.165. The van der Waals surface area contributed by atoms with Gasteiger partial charge in [-0.2, -0.15) is 9.78 Å². The summed E-state index contributed by atoms with van der Waals surface area (Å²) in [5, 5.41) is 5.86. The van der Waals surface area contributed by atoms with Gasteiger partial charge in [0.1, 0.15) is 11.0 Å². The van der Waals surface area contributed by atoms with Gasteiger partial charge in [-0.05, 0) is 23.8 Å². The Labute approximate surface area is 140 Å². The Morgan fingerprint density at radius 2 is 1.91 bits per heavy atom. The van der Waals surface area contributed by atoms with Crippen molar-refractivity contribution in [2.75, 3.05) is 0 Å². The van der Waals surface area contributed by atoms with E-state index in [1.54, 1.807) is 18.3 Å². The van der Waals surface area contributed by atoms with Gasteiger partial charge in [0.15, 0.2) is 0 Å². The maximum Gasteiger partial charge on any atom is 0.291 e. The summed E-state index contributed by atoms with van der Waals surface area (Å²) in [4.78, 5) is 17.0. The fraction of sp³-hybridized carbons (Fsp3) is 0. The zero-order valence-corrected chi connectivity index (χ0v) is 13.4. The Bertz CT molecular complexity index is 1100. The molecule has 112 valence electrons. The molecular formula is C17H10ClN3OS. The highest BCUT2D eigenvalue weighted by atomic mass is 35.5. The van der Waals surface area contributed by atoms with E-state index in [0.29, 0.717) is 9.72 Å². The van der Waals surface area contributed by atoms with Crippen molar-refractivity contribution in [3.63, 3.8) is 0 Å². The van der Waals surface area contributed by atoms with E-state index in [-0.39, 0.29) is 5.56 Å². The van der Waals surface area contributed by atoms with Gasteiger partial charge in [0.25, 0.3) is 5.56 Å². The standard InChI is InChI=1S/C17H10ClN3OS/c18-12-7-5-11(6-8-12)9-20-21-10-19-15-13-3-1-2-4-14(13)23-16(15)17(21)22/h1-10H. The number of hydrogen-bond donors (Lipinski definition) is 0. The van der Waals surface area contributed by atoms with Crippen LogP contribution in [0.5, 0.6) is 0 Å². The zero-order valence-electron chi connectivity index (χ0n) is 11.8. The summed E-state index contributed by atoms with van der Waals surface area (Å²) in [6.45, 7) is 0. The van der Waals surface area contributed by atoms with E-state index in [0.717, 1.165) is 21.2 Å². The molecule has 0 unspecified atom stereocenters. The molecular weight excluding hydrogens is 330 g/mol. The lowest BCUT2D eigenvalue weighted by atomic mass is 10.2. The quantitative estimate of drug-likeness (QED) is 0.515. The van der Waals surface area contributed by atoms with Gasteiger partial charge in [0.2, 0.25) is 0 Å². The second-order valence-electron chi connectivity index (χ2n) is 4.97. The Balaban J connectivity index is 1.82.